The summed E-state index contributed by atoms with van der Waals surface area (Å²) in [7, 11) is 1.43. The van der Waals surface area contributed by atoms with E-state index in [2.05, 4.69) is 11.9 Å². The van der Waals surface area contributed by atoms with E-state index in [0.717, 1.165) is 24.8 Å². The molecule has 108 valence electrons. The molecule has 0 saturated carbocycles. The van der Waals surface area contributed by atoms with Crippen molar-refractivity contribution in [1.82, 2.24) is 5.32 Å². The van der Waals surface area contributed by atoms with Crippen molar-refractivity contribution >= 4 is 17.6 Å². The summed E-state index contributed by atoms with van der Waals surface area (Å²) in [6.45, 7) is 3.77. The number of hydrogen-bond acceptors (Lipinski definition) is 3. The van der Waals surface area contributed by atoms with Crippen LogP contribution in [0.4, 0.5) is 0 Å². The summed E-state index contributed by atoms with van der Waals surface area (Å²) >= 11 is 5.91. The van der Waals surface area contributed by atoms with Gasteiger partial charge in [0.05, 0.1) is 13.0 Å². The lowest BCUT2D eigenvalue weighted by molar-refractivity contribution is -0.143. The highest BCUT2D eigenvalue weighted by Crippen LogP contribution is 2.30. The van der Waals surface area contributed by atoms with Gasteiger partial charge in [0.15, 0.2) is 0 Å². The quantitative estimate of drug-likeness (QED) is 0.669. The Kier molecular flexibility index (Phi) is 5.21. The molecule has 1 aliphatic heterocycles. The van der Waals surface area contributed by atoms with Crippen molar-refractivity contribution < 1.29 is 9.53 Å². The van der Waals surface area contributed by atoms with Gasteiger partial charge in [0.25, 0.3) is 0 Å². The summed E-state index contributed by atoms with van der Waals surface area (Å²) in [5.41, 5.74) is 0.943. The van der Waals surface area contributed by atoms with Crippen LogP contribution in [0.25, 0.3) is 0 Å². The number of ether oxygens (including phenoxy) is 1. The molecule has 1 aromatic carbocycles. The van der Waals surface area contributed by atoms with Gasteiger partial charge in [-0.15, -0.1) is 6.58 Å². The Balaban J connectivity index is 2.18. The Hall–Kier alpha value is -1.32. The minimum Gasteiger partial charge on any atom is -0.469 e. The van der Waals surface area contributed by atoms with Crippen LogP contribution in [0.2, 0.25) is 5.02 Å². The van der Waals surface area contributed by atoms with Gasteiger partial charge in [0, 0.05) is 17.1 Å². The third kappa shape index (κ3) is 3.41. The van der Waals surface area contributed by atoms with Gasteiger partial charge in [-0.1, -0.05) is 29.8 Å². The molecule has 0 amide bonds. The first kappa shape index (κ1) is 15.1. The van der Waals surface area contributed by atoms with Crippen LogP contribution in [0, 0.1) is 0 Å². The third-order valence-corrected chi connectivity index (χ3v) is 4.07. The van der Waals surface area contributed by atoms with Crippen molar-refractivity contribution in [3.63, 3.8) is 0 Å². The van der Waals surface area contributed by atoms with Gasteiger partial charge in [0.2, 0.25) is 0 Å². The lowest BCUT2D eigenvalue weighted by Crippen LogP contribution is -2.37. The fraction of sp³-hybridized carbons (Fsp3) is 0.438. The van der Waals surface area contributed by atoms with Gasteiger partial charge < -0.3 is 10.1 Å². The molecule has 0 aromatic heterocycles. The van der Waals surface area contributed by atoms with Crippen molar-refractivity contribution in [1.29, 1.82) is 0 Å². The van der Waals surface area contributed by atoms with Crippen LogP contribution in [0.15, 0.2) is 36.9 Å². The molecule has 1 heterocycles. The number of hydrogen-bond donors (Lipinski definition) is 1. The molecule has 1 fully saturated rings. The lowest BCUT2D eigenvalue weighted by atomic mass is 9.90. The zero-order valence-electron chi connectivity index (χ0n) is 11.6. The van der Waals surface area contributed by atoms with Gasteiger partial charge >= 0.3 is 5.97 Å². The van der Waals surface area contributed by atoms with Crippen molar-refractivity contribution in [2.24, 2.45) is 0 Å². The zero-order valence-corrected chi connectivity index (χ0v) is 12.4. The van der Waals surface area contributed by atoms with Gasteiger partial charge in [-0.25, -0.2) is 0 Å². The summed E-state index contributed by atoms with van der Waals surface area (Å²) in [5, 5.41) is 4.18. The maximum absolute atomic E-state index is 12.1. The van der Waals surface area contributed by atoms with E-state index in [1.165, 1.54) is 7.11 Å². The number of benzene rings is 1. The van der Waals surface area contributed by atoms with Crippen molar-refractivity contribution in [2.75, 3.05) is 7.11 Å². The maximum Gasteiger partial charge on any atom is 0.314 e. The molecule has 4 heteroatoms. The Morgan fingerprint density at radius 3 is 2.80 bits per heavy atom. The topological polar surface area (TPSA) is 38.3 Å². The molecule has 0 unspecified atom stereocenters. The van der Waals surface area contributed by atoms with E-state index in [4.69, 9.17) is 16.3 Å². The maximum atomic E-state index is 12.1. The Morgan fingerprint density at radius 1 is 1.50 bits per heavy atom. The van der Waals surface area contributed by atoms with Crippen LogP contribution in [0.5, 0.6) is 0 Å². The van der Waals surface area contributed by atoms with Crippen LogP contribution in [0.1, 0.15) is 30.7 Å². The molecule has 3 atom stereocenters. The van der Waals surface area contributed by atoms with Gasteiger partial charge in [-0.2, -0.15) is 0 Å². The first-order valence-electron chi connectivity index (χ1n) is 6.86. The predicted octanol–water partition coefficient (Wildman–Crippen LogP) is 3.29. The van der Waals surface area contributed by atoms with Crippen molar-refractivity contribution in [2.45, 2.75) is 37.3 Å². The largest absolute Gasteiger partial charge is 0.469 e. The normalized spacial score (nSPS) is 23.3. The van der Waals surface area contributed by atoms with Crippen LogP contribution >= 0.6 is 11.6 Å². The Labute approximate surface area is 125 Å². The summed E-state index contributed by atoms with van der Waals surface area (Å²) in [6.07, 6.45) is 4.85. The molecule has 0 spiro atoms. The first-order valence-corrected chi connectivity index (χ1v) is 7.23. The summed E-state index contributed by atoms with van der Waals surface area (Å²) in [4.78, 5) is 12.1. The second-order valence-corrected chi connectivity index (χ2v) is 5.56. The Bertz CT molecular complexity index is 472. The molecule has 2 rings (SSSR count). The van der Waals surface area contributed by atoms with E-state index in [0.29, 0.717) is 11.1 Å². The van der Waals surface area contributed by atoms with Crippen molar-refractivity contribution in [3.05, 3.63) is 47.5 Å². The molecule has 0 bridgehead atoms. The predicted molar refractivity (Wildman–Crippen MR) is 81.0 cm³/mol. The van der Waals surface area contributed by atoms with Gasteiger partial charge in [-0.3, -0.25) is 4.79 Å². The molecule has 3 nitrogen and oxygen atoms in total. The molecule has 1 saturated heterocycles. The van der Waals surface area contributed by atoms with Crippen LogP contribution < -0.4 is 5.32 Å². The van der Waals surface area contributed by atoms with Gasteiger partial charge in [-0.05, 0) is 37.0 Å². The second-order valence-electron chi connectivity index (χ2n) is 5.12. The SMILES string of the molecule is C=CC[C@@H]1CC[C@@H]([C@H](C(=O)OC)c2ccc(Cl)cc2)N1. The number of halogens is 1. The number of esters is 1. The smallest absolute Gasteiger partial charge is 0.314 e. The molecule has 1 aliphatic rings. The van der Waals surface area contributed by atoms with Crippen LogP contribution in [-0.2, 0) is 9.53 Å². The molecule has 0 radical (unpaired) electrons. The van der Waals surface area contributed by atoms with E-state index in [9.17, 15) is 4.79 Å². The van der Waals surface area contributed by atoms with Crippen LogP contribution in [0.3, 0.4) is 0 Å². The molecule has 1 N–H and O–H groups in total. The highest BCUT2D eigenvalue weighted by molar-refractivity contribution is 6.30. The number of rotatable bonds is 5. The van der Waals surface area contributed by atoms with E-state index in [-0.39, 0.29) is 17.9 Å². The van der Waals surface area contributed by atoms with E-state index in [1.54, 1.807) is 0 Å². The fourth-order valence-corrected chi connectivity index (χ4v) is 2.96. The minimum absolute atomic E-state index is 0.105. The summed E-state index contributed by atoms with van der Waals surface area (Å²) in [5.74, 6) is -0.490. The van der Waals surface area contributed by atoms with Crippen LogP contribution in [-0.4, -0.2) is 25.2 Å². The Morgan fingerprint density at radius 2 is 2.20 bits per heavy atom. The van der Waals surface area contributed by atoms with E-state index < -0.39 is 0 Å². The molecular weight excluding hydrogens is 274 g/mol. The first-order chi connectivity index (χ1) is 9.65. The van der Waals surface area contributed by atoms with E-state index >= 15 is 0 Å². The fourth-order valence-electron chi connectivity index (χ4n) is 2.83. The number of nitrogens with one attached hydrogen (secondary N) is 1. The van der Waals surface area contributed by atoms with Gasteiger partial charge in [0.1, 0.15) is 0 Å². The number of carbonyl (C=O) groups is 1. The van der Waals surface area contributed by atoms with E-state index in [1.807, 2.05) is 30.3 Å². The standard InChI is InChI=1S/C16H20ClNO2/c1-3-4-13-9-10-14(18-13)15(16(19)20-2)11-5-7-12(17)8-6-11/h3,5-8,13-15,18H,1,4,9-10H2,2H3/t13-,14+,15-/m1/s1. The highest BCUT2D eigenvalue weighted by Gasteiger charge is 2.35. The molecule has 1 aromatic rings. The monoisotopic (exact) mass is 293 g/mol. The molecular formula is C16H20ClNO2. The average Bonchev–Trinajstić information content (AvgIpc) is 2.90. The number of methoxy groups -OCH3 is 1. The molecule has 0 aliphatic carbocycles. The summed E-state index contributed by atoms with van der Waals surface area (Å²) < 4.78 is 4.97. The lowest BCUT2D eigenvalue weighted by Gasteiger charge is -2.23. The minimum atomic E-state index is -0.285. The average molecular weight is 294 g/mol. The van der Waals surface area contributed by atoms with Crippen molar-refractivity contribution in [3.8, 4) is 0 Å². The third-order valence-electron chi connectivity index (χ3n) is 3.81. The summed E-state index contributed by atoms with van der Waals surface area (Å²) in [6, 6.07) is 7.91. The highest BCUT2D eigenvalue weighted by atomic mass is 35.5. The molecule has 20 heavy (non-hydrogen) atoms. The zero-order chi connectivity index (χ0) is 14.5. The second kappa shape index (κ2) is 6.91. The number of carbonyl (C=O) groups excluding carboxylic acids is 1.